The first kappa shape index (κ1) is 20.9. The Morgan fingerprint density at radius 3 is 2.18 bits per heavy atom. The number of carbonyl (C=O) groups is 1. The number of rotatable bonds is 8. The second kappa shape index (κ2) is 10.7. The van der Waals surface area contributed by atoms with Crippen LogP contribution in [0.25, 0.3) is 0 Å². The maximum absolute atomic E-state index is 11.4. The van der Waals surface area contributed by atoms with Crippen molar-refractivity contribution in [2.24, 2.45) is 0 Å². The van der Waals surface area contributed by atoms with Crippen LogP contribution in [0.5, 0.6) is 0 Å². The Labute approximate surface area is 181 Å². The van der Waals surface area contributed by atoms with Crippen molar-refractivity contribution in [2.75, 3.05) is 5.32 Å². The van der Waals surface area contributed by atoms with E-state index in [4.69, 9.17) is 0 Å². The van der Waals surface area contributed by atoms with Gasteiger partial charge in [0.1, 0.15) is 0 Å². The zero-order chi connectivity index (χ0) is 19.8. The van der Waals surface area contributed by atoms with Crippen molar-refractivity contribution < 1.29 is 4.79 Å². The maximum atomic E-state index is 11.4. The normalized spacial score (nSPS) is 11.5. The molecule has 28 heavy (non-hydrogen) atoms. The van der Waals surface area contributed by atoms with Gasteiger partial charge in [-0.05, 0) is 0 Å². The van der Waals surface area contributed by atoms with Gasteiger partial charge in [-0.15, -0.1) is 0 Å². The molecule has 0 aromatic heterocycles. The van der Waals surface area contributed by atoms with Gasteiger partial charge < -0.3 is 0 Å². The number of hydrogen-bond donors (Lipinski definition) is 1. The summed E-state index contributed by atoms with van der Waals surface area (Å²) in [6.07, 6.45) is 1.64. The topological polar surface area (TPSA) is 29.1 Å². The Morgan fingerprint density at radius 1 is 0.893 bits per heavy atom. The molecule has 3 aromatic rings. The molecule has 3 aromatic carbocycles. The van der Waals surface area contributed by atoms with Crippen LogP contribution in [0.15, 0.2) is 102 Å². The van der Waals surface area contributed by atoms with Crippen LogP contribution in [0.2, 0.25) is 0 Å². The van der Waals surface area contributed by atoms with Gasteiger partial charge >= 0.3 is 183 Å². The van der Waals surface area contributed by atoms with Gasteiger partial charge in [-0.25, -0.2) is 0 Å². The molecule has 1 N–H and O–H groups in total. The van der Waals surface area contributed by atoms with Crippen LogP contribution in [-0.2, 0) is 4.79 Å². The molecule has 0 atom stereocenters. The zero-order valence-corrected chi connectivity index (χ0v) is 20.0. The molecule has 3 rings (SSSR count). The molecular formula is C23H22NOSSiTe. The number of allylic oxidation sites excluding steroid dienone is 2. The third-order valence-electron chi connectivity index (χ3n) is 3.80. The molecule has 0 bridgehead atoms. The second-order valence-electron chi connectivity index (χ2n) is 6.23. The van der Waals surface area contributed by atoms with E-state index in [-0.39, 0.29) is 25.9 Å². The molecule has 0 unspecified atom stereocenters. The van der Waals surface area contributed by atoms with Crippen LogP contribution in [-0.4, -0.2) is 31.4 Å². The number of nitrogens with one attached hydrogen (secondary N) is 1. The quantitative estimate of drug-likeness (QED) is 0.361. The Kier molecular flexibility index (Phi) is 7.99. The van der Waals surface area contributed by atoms with Gasteiger partial charge in [0.2, 0.25) is 0 Å². The third kappa shape index (κ3) is 6.39. The first-order valence-corrected chi connectivity index (χ1v) is 16.6. The standard InChI is InChI=1S/C23H22NOSSiTe/c1-18(17-19(2)25)24-22-15-9-10-16-23(22)26-27(20-11-5-3-6-12-20)28-21-13-7-4-8-14-21/h3-17,24H,1-2H3/b18-17+. The molecule has 0 heterocycles. The first-order valence-electron chi connectivity index (χ1n) is 9.00. The summed E-state index contributed by atoms with van der Waals surface area (Å²) < 4.78 is 1.50. The van der Waals surface area contributed by atoms with Gasteiger partial charge in [-0.3, -0.25) is 0 Å². The molecule has 5 heteroatoms. The van der Waals surface area contributed by atoms with Crippen LogP contribution in [0, 0.1) is 0 Å². The minimum atomic E-state index is -0.787. The van der Waals surface area contributed by atoms with E-state index < -0.39 is 5.49 Å². The van der Waals surface area contributed by atoms with Crippen LogP contribution in [0.1, 0.15) is 13.8 Å². The molecule has 0 aliphatic rings. The molecule has 0 aliphatic heterocycles. The van der Waals surface area contributed by atoms with Crippen molar-refractivity contribution in [1.29, 1.82) is 0 Å². The first-order chi connectivity index (χ1) is 13.6. The molecule has 0 aliphatic carbocycles. The Bertz CT molecular complexity index is 947. The van der Waals surface area contributed by atoms with E-state index in [1.54, 1.807) is 13.0 Å². The Hall–Kier alpha value is -1.77. The van der Waals surface area contributed by atoms with Crippen LogP contribution >= 0.6 is 11.2 Å². The van der Waals surface area contributed by atoms with Crippen molar-refractivity contribution >= 4 is 57.1 Å². The van der Waals surface area contributed by atoms with Gasteiger partial charge in [0, 0.05) is 0 Å². The second-order valence-corrected chi connectivity index (χ2v) is 19.1. The summed E-state index contributed by atoms with van der Waals surface area (Å²) in [5, 5.41) is 4.88. The van der Waals surface area contributed by atoms with E-state index in [0.29, 0.717) is 0 Å². The summed E-state index contributed by atoms with van der Waals surface area (Å²) in [6.45, 7) is 3.51. The van der Waals surface area contributed by atoms with Crippen LogP contribution in [0.4, 0.5) is 5.69 Å². The molecule has 0 fully saturated rings. The van der Waals surface area contributed by atoms with Crippen LogP contribution in [0.3, 0.4) is 0 Å². The molecule has 0 spiro atoms. The van der Waals surface area contributed by atoms with Gasteiger partial charge in [0.25, 0.3) is 0 Å². The minimum absolute atomic E-state index is 0.0557. The van der Waals surface area contributed by atoms with Gasteiger partial charge in [-0.2, -0.15) is 0 Å². The van der Waals surface area contributed by atoms with Gasteiger partial charge in [0.15, 0.2) is 0 Å². The van der Waals surface area contributed by atoms with E-state index in [1.165, 1.54) is 13.7 Å². The Morgan fingerprint density at radius 2 is 1.50 bits per heavy atom. The number of ketones is 1. The summed E-state index contributed by atoms with van der Waals surface area (Å²) >= 11 is 1.67. The average Bonchev–Trinajstić information content (AvgIpc) is 2.70. The zero-order valence-electron chi connectivity index (χ0n) is 15.9. The fourth-order valence-electron chi connectivity index (χ4n) is 2.62. The molecular weight excluding hydrogens is 494 g/mol. The molecule has 0 saturated carbocycles. The summed E-state index contributed by atoms with van der Waals surface area (Å²) in [6, 6.07) is 30.2. The van der Waals surface area contributed by atoms with E-state index in [9.17, 15) is 4.79 Å². The predicted molar refractivity (Wildman–Crippen MR) is 124 cm³/mol. The number of benzene rings is 3. The number of carbonyl (C=O) groups excluding carboxylic acids is 1. The molecule has 0 amide bonds. The van der Waals surface area contributed by atoms with Crippen LogP contribution < -0.4 is 14.1 Å². The molecule has 141 valence electrons. The summed E-state index contributed by atoms with van der Waals surface area (Å²) in [5.74, 6) is 0.0557. The van der Waals surface area contributed by atoms with Crippen molar-refractivity contribution in [3.8, 4) is 0 Å². The Balaban J connectivity index is 1.88. The summed E-state index contributed by atoms with van der Waals surface area (Å²) in [7, 11) is 0. The van der Waals surface area contributed by atoms with E-state index >= 15 is 0 Å². The van der Waals surface area contributed by atoms with Crippen molar-refractivity contribution in [3.05, 3.63) is 96.7 Å². The summed E-state index contributed by atoms with van der Waals surface area (Å²) in [4.78, 5) is 12.6. The third-order valence-corrected chi connectivity index (χ3v) is 17.9. The van der Waals surface area contributed by atoms with E-state index in [0.717, 1.165) is 11.4 Å². The van der Waals surface area contributed by atoms with Crippen molar-refractivity contribution in [2.45, 2.75) is 18.7 Å². The number of para-hydroxylation sites is 1. The molecule has 2 nitrogen and oxygen atoms in total. The van der Waals surface area contributed by atoms with Crippen molar-refractivity contribution in [3.63, 3.8) is 0 Å². The van der Waals surface area contributed by atoms with E-state index in [1.807, 2.05) is 24.2 Å². The number of anilines is 1. The molecule has 1 radical (unpaired) electrons. The fraction of sp³-hybridized carbons (Fsp3) is 0.0870. The molecule has 0 saturated heterocycles. The van der Waals surface area contributed by atoms with Gasteiger partial charge in [-0.1, -0.05) is 0 Å². The average molecular weight is 516 g/mol. The van der Waals surface area contributed by atoms with Gasteiger partial charge in [0.05, 0.1) is 0 Å². The monoisotopic (exact) mass is 518 g/mol. The number of hydrogen-bond acceptors (Lipinski definition) is 3. The predicted octanol–water partition coefficient (Wildman–Crippen LogP) is 4.11. The van der Waals surface area contributed by atoms with E-state index in [2.05, 4.69) is 84.2 Å². The summed E-state index contributed by atoms with van der Waals surface area (Å²) in [5.41, 5.74) is 1.15. The fourth-order valence-corrected chi connectivity index (χ4v) is 17.2. The SMILES string of the molecule is CC(=O)/C=C(\C)Nc1ccccc1S[Si]([Te]c1ccccc1)c1ccccc1. The van der Waals surface area contributed by atoms with Crippen molar-refractivity contribution in [1.82, 2.24) is 0 Å².